The highest BCUT2D eigenvalue weighted by atomic mass is 16.3. The third kappa shape index (κ3) is 10.0. The van der Waals surface area contributed by atoms with Gasteiger partial charge in [-0.1, -0.05) is 108 Å². The van der Waals surface area contributed by atoms with Crippen molar-refractivity contribution in [2.75, 3.05) is 0 Å². The first-order valence-electron chi connectivity index (χ1n) is 10.8. The predicted molar refractivity (Wildman–Crippen MR) is 111 cm³/mol. The van der Waals surface area contributed by atoms with Crippen LogP contribution in [0.3, 0.4) is 0 Å². The van der Waals surface area contributed by atoms with Gasteiger partial charge in [0.25, 0.3) is 0 Å². The molecule has 3 atom stereocenters. The number of rotatable bonds is 14. The molecule has 0 aliphatic rings. The smallest absolute Gasteiger partial charge is 0.0580 e. The van der Waals surface area contributed by atoms with Gasteiger partial charge in [-0.25, -0.2) is 0 Å². The van der Waals surface area contributed by atoms with Crippen LogP contribution < -0.4 is 0 Å². The van der Waals surface area contributed by atoms with E-state index in [2.05, 4.69) is 45.0 Å². The molecule has 1 aromatic rings. The van der Waals surface area contributed by atoms with Crippen molar-refractivity contribution in [3.8, 4) is 0 Å². The molecule has 25 heavy (non-hydrogen) atoms. The van der Waals surface area contributed by atoms with Gasteiger partial charge in [-0.2, -0.15) is 0 Å². The fourth-order valence-electron chi connectivity index (χ4n) is 3.74. The van der Waals surface area contributed by atoms with Gasteiger partial charge in [-0.15, -0.1) is 0 Å². The predicted octanol–water partition coefficient (Wildman–Crippen LogP) is 7.41. The Morgan fingerprint density at radius 3 is 1.88 bits per heavy atom. The van der Waals surface area contributed by atoms with Crippen LogP contribution in [0, 0.1) is 12.8 Å². The zero-order valence-corrected chi connectivity index (χ0v) is 17.3. The molecule has 1 nitrogen and oxygen atoms in total. The lowest BCUT2D eigenvalue weighted by molar-refractivity contribution is 0.153. The summed E-state index contributed by atoms with van der Waals surface area (Å²) in [5.41, 5.74) is 2.58. The largest absolute Gasteiger partial charge is 0.393 e. The molecule has 3 unspecified atom stereocenters. The van der Waals surface area contributed by atoms with Crippen molar-refractivity contribution in [3.05, 3.63) is 35.4 Å². The molecule has 0 aliphatic heterocycles. The number of hydrogen-bond acceptors (Lipinski definition) is 1. The summed E-state index contributed by atoms with van der Waals surface area (Å²) in [7, 11) is 0. The number of hydrogen-bond donors (Lipinski definition) is 1. The number of benzene rings is 1. The summed E-state index contributed by atoms with van der Waals surface area (Å²) >= 11 is 0. The van der Waals surface area contributed by atoms with E-state index in [-0.39, 0.29) is 12.0 Å². The first-order chi connectivity index (χ1) is 12.0. The lowest BCUT2D eigenvalue weighted by Crippen LogP contribution is -2.15. The van der Waals surface area contributed by atoms with Crippen LogP contribution in [0.1, 0.15) is 108 Å². The normalized spacial score (nSPS) is 15.1. The first kappa shape index (κ1) is 22.2. The maximum absolute atomic E-state index is 10.2. The topological polar surface area (TPSA) is 20.2 Å². The van der Waals surface area contributed by atoms with Crippen molar-refractivity contribution in [2.45, 2.75) is 110 Å². The van der Waals surface area contributed by atoms with E-state index in [1.54, 1.807) is 0 Å². The van der Waals surface area contributed by atoms with Crippen LogP contribution >= 0.6 is 0 Å². The van der Waals surface area contributed by atoms with Gasteiger partial charge in [0, 0.05) is 5.92 Å². The Bertz CT molecular complexity index is 420. The highest BCUT2D eigenvalue weighted by Crippen LogP contribution is 2.28. The first-order valence-corrected chi connectivity index (χ1v) is 10.8. The monoisotopic (exact) mass is 346 g/mol. The quantitative estimate of drug-likeness (QED) is 0.348. The van der Waals surface area contributed by atoms with Crippen molar-refractivity contribution >= 4 is 0 Å². The second-order valence-corrected chi connectivity index (χ2v) is 8.20. The third-order valence-electron chi connectivity index (χ3n) is 5.61. The van der Waals surface area contributed by atoms with E-state index in [9.17, 15) is 5.11 Å². The Morgan fingerprint density at radius 1 is 0.760 bits per heavy atom. The van der Waals surface area contributed by atoms with Crippen LogP contribution in [0.2, 0.25) is 0 Å². The van der Waals surface area contributed by atoms with Crippen LogP contribution in [0.15, 0.2) is 24.3 Å². The van der Waals surface area contributed by atoms with Crippen molar-refractivity contribution in [1.29, 1.82) is 0 Å². The molecule has 0 fully saturated rings. The van der Waals surface area contributed by atoms with E-state index in [0.717, 1.165) is 12.3 Å². The van der Waals surface area contributed by atoms with Crippen LogP contribution in [-0.2, 0) is 0 Å². The second-order valence-electron chi connectivity index (χ2n) is 8.20. The molecule has 0 bridgehead atoms. The maximum Gasteiger partial charge on any atom is 0.0580 e. The summed E-state index contributed by atoms with van der Waals surface area (Å²) in [5.74, 6) is 1.05. The van der Waals surface area contributed by atoms with Gasteiger partial charge < -0.3 is 5.11 Å². The van der Waals surface area contributed by atoms with E-state index >= 15 is 0 Å². The zero-order valence-electron chi connectivity index (χ0n) is 17.3. The van der Waals surface area contributed by atoms with Crippen molar-refractivity contribution in [1.82, 2.24) is 0 Å². The molecule has 0 spiro atoms. The fraction of sp³-hybridized carbons (Fsp3) is 0.750. The zero-order chi connectivity index (χ0) is 18.5. The SMILES string of the molecule is CCCCCCCCCCC(C)CCC(c1ccc(C)cc1)C(C)O. The van der Waals surface area contributed by atoms with Gasteiger partial charge in [0.15, 0.2) is 0 Å². The van der Waals surface area contributed by atoms with Crippen molar-refractivity contribution < 1.29 is 5.11 Å². The minimum atomic E-state index is -0.266. The summed E-state index contributed by atoms with van der Waals surface area (Å²) in [6.07, 6.45) is 14.6. The molecule has 0 radical (unpaired) electrons. The highest BCUT2D eigenvalue weighted by molar-refractivity contribution is 5.25. The maximum atomic E-state index is 10.2. The average molecular weight is 347 g/mol. The molecule has 0 aliphatic carbocycles. The van der Waals surface area contributed by atoms with Crippen molar-refractivity contribution in [3.63, 3.8) is 0 Å². The van der Waals surface area contributed by atoms with E-state index in [0.29, 0.717) is 0 Å². The fourth-order valence-corrected chi connectivity index (χ4v) is 3.74. The van der Waals surface area contributed by atoms with Gasteiger partial charge >= 0.3 is 0 Å². The van der Waals surface area contributed by atoms with Crippen LogP contribution in [0.5, 0.6) is 0 Å². The summed E-state index contributed by atoms with van der Waals surface area (Å²) in [4.78, 5) is 0. The third-order valence-corrected chi connectivity index (χ3v) is 5.61. The average Bonchev–Trinajstić information content (AvgIpc) is 2.58. The van der Waals surface area contributed by atoms with E-state index in [1.165, 1.54) is 75.3 Å². The molecule has 144 valence electrons. The summed E-state index contributed by atoms with van der Waals surface area (Å²) in [6, 6.07) is 8.70. The number of aliphatic hydroxyl groups excluding tert-OH is 1. The van der Waals surface area contributed by atoms with E-state index in [1.807, 2.05) is 6.92 Å². The Hall–Kier alpha value is -0.820. The van der Waals surface area contributed by atoms with E-state index in [4.69, 9.17) is 0 Å². The summed E-state index contributed by atoms with van der Waals surface area (Å²) in [6.45, 7) is 8.72. The van der Waals surface area contributed by atoms with Crippen LogP contribution in [0.4, 0.5) is 0 Å². The lowest BCUT2D eigenvalue weighted by Gasteiger charge is -2.22. The molecule has 0 saturated carbocycles. The minimum Gasteiger partial charge on any atom is -0.393 e. The van der Waals surface area contributed by atoms with Gasteiger partial charge in [0.1, 0.15) is 0 Å². The van der Waals surface area contributed by atoms with E-state index < -0.39 is 0 Å². The molecule has 0 saturated heterocycles. The molecule has 1 heteroatoms. The Morgan fingerprint density at radius 2 is 1.32 bits per heavy atom. The lowest BCUT2D eigenvalue weighted by atomic mass is 9.86. The highest BCUT2D eigenvalue weighted by Gasteiger charge is 2.18. The number of unbranched alkanes of at least 4 members (excludes halogenated alkanes) is 7. The molecule has 1 rings (SSSR count). The summed E-state index contributed by atoms with van der Waals surface area (Å²) < 4.78 is 0. The van der Waals surface area contributed by atoms with Gasteiger partial charge in [-0.05, 0) is 31.7 Å². The van der Waals surface area contributed by atoms with Gasteiger partial charge in [0.2, 0.25) is 0 Å². The minimum absolute atomic E-state index is 0.266. The summed E-state index contributed by atoms with van der Waals surface area (Å²) in [5, 5.41) is 10.2. The Labute approximate surface area is 157 Å². The molecule has 0 aromatic heterocycles. The van der Waals surface area contributed by atoms with Gasteiger partial charge in [-0.3, -0.25) is 0 Å². The second kappa shape index (κ2) is 13.4. The molecular weight excluding hydrogens is 304 g/mol. The van der Waals surface area contributed by atoms with Crippen LogP contribution in [0.25, 0.3) is 0 Å². The number of aryl methyl sites for hydroxylation is 1. The molecular formula is C24H42O. The molecule has 0 amide bonds. The molecule has 1 aromatic carbocycles. The number of aliphatic hydroxyl groups is 1. The molecule has 1 N–H and O–H groups in total. The molecule has 0 heterocycles. The standard InChI is InChI=1S/C24H42O/c1-5-6-7-8-9-10-11-12-13-20(2)16-19-24(22(4)25)23-17-14-21(3)15-18-23/h14-15,17-18,20,22,24-25H,5-13,16,19H2,1-4H3. The van der Waals surface area contributed by atoms with Crippen LogP contribution in [-0.4, -0.2) is 11.2 Å². The Kier molecular flexibility index (Phi) is 11.9. The van der Waals surface area contributed by atoms with Crippen molar-refractivity contribution in [2.24, 2.45) is 5.92 Å². The van der Waals surface area contributed by atoms with Gasteiger partial charge in [0.05, 0.1) is 6.10 Å². The Balaban J connectivity index is 2.20.